The number of carbonyl (C=O) groups excluding carboxylic acids is 1. The molecule has 1 aromatic rings. The van der Waals surface area contributed by atoms with Crippen LogP contribution in [0.15, 0.2) is 18.2 Å². The zero-order chi connectivity index (χ0) is 14.3. The molecule has 0 aliphatic rings. The molecule has 5 heteroatoms. The first kappa shape index (κ1) is 15.3. The molecule has 5 nitrogen and oxygen atoms in total. The van der Waals surface area contributed by atoms with Gasteiger partial charge in [-0.15, -0.1) is 0 Å². The van der Waals surface area contributed by atoms with Gasteiger partial charge in [0.25, 0.3) is 0 Å². The molecule has 0 saturated heterocycles. The van der Waals surface area contributed by atoms with E-state index in [0.717, 1.165) is 6.42 Å². The Morgan fingerprint density at radius 3 is 2.58 bits per heavy atom. The number of amides is 1. The number of aliphatic hydroxyl groups excluding tert-OH is 1. The van der Waals surface area contributed by atoms with Gasteiger partial charge in [-0.2, -0.15) is 0 Å². The van der Waals surface area contributed by atoms with Crippen LogP contribution in [0.2, 0.25) is 0 Å². The largest absolute Gasteiger partial charge is 0.493 e. The molecule has 0 unspecified atom stereocenters. The summed E-state index contributed by atoms with van der Waals surface area (Å²) in [5.74, 6) is 1.11. The lowest BCUT2D eigenvalue weighted by atomic mass is 10.1. The number of benzene rings is 1. The second kappa shape index (κ2) is 7.63. The highest BCUT2D eigenvalue weighted by Gasteiger charge is 2.12. The molecule has 0 aromatic heterocycles. The summed E-state index contributed by atoms with van der Waals surface area (Å²) in [6.45, 7) is 2.12. The maximum Gasteiger partial charge on any atom is 0.220 e. The Bertz CT molecular complexity index is 420. The van der Waals surface area contributed by atoms with Crippen molar-refractivity contribution in [3.63, 3.8) is 0 Å². The van der Waals surface area contributed by atoms with E-state index in [1.165, 1.54) is 7.11 Å². The monoisotopic (exact) mass is 267 g/mol. The lowest BCUT2D eigenvalue weighted by Crippen LogP contribution is -2.27. The Kier molecular flexibility index (Phi) is 6.15. The topological polar surface area (TPSA) is 67.8 Å². The van der Waals surface area contributed by atoms with Crippen molar-refractivity contribution in [3.8, 4) is 11.5 Å². The van der Waals surface area contributed by atoms with E-state index >= 15 is 0 Å². The molecule has 1 rings (SSSR count). The summed E-state index contributed by atoms with van der Waals surface area (Å²) in [7, 11) is 3.09. The standard InChI is InChI=1S/C14H21NO4/c1-4-5-14(17)15-9-11(16)10-6-7-12(18-2)13(8-10)19-3/h6-8,11,16H,4-5,9H2,1-3H3,(H,15,17)/t11-/m1/s1. The van der Waals surface area contributed by atoms with Crippen molar-refractivity contribution in [2.45, 2.75) is 25.9 Å². The fourth-order valence-corrected chi connectivity index (χ4v) is 1.70. The van der Waals surface area contributed by atoms with Gasteiger partial charge in [-0.3, -0.25) is 4.79 Å². The van der Waals surface area contributed by atoms with Crippen molar-refractivity contribution >= 4 is 5.91 Å². The van der Waals surface area contributed by atoms with Crippen LogP contribution in [0.25, 0.3) is 0 Å². The minimum atomic E-state index is -0.763. The fourth-order valence-electron chi connectivity index (χ4n) is 1.70. The summed E-state index contributed by atoms with van der Waals surface area (Å²) in [6.07, 6.45) is 0.498. The van der Waals surface area contributed by atoms with Crippen molar-refractivity contribution in [2.24, 2.45) is 0 Å². The van der Waals surface area contributed by atoms with Gasteiger partial charge in [0.1, 0.15) is 0 Å². The molecule has 0 radical (unpaired) electrons. The van der Waals surface area contributed by atoms with Crippen molar-refractivity contribution < 1.29 is 19.4 Å². The summed E-state index contributed by atoms with van der Waals surface area (Å²) in [5.41, 5.74) is 0.675. The number of methoxy groups -OCH3 is 2. The number of ether oxygens (including phenoxy) is 2. The Hall–Kier alpha value is -1.75. The molecular formula is C14H21NO4. The van der Waals surface area contributed by atoms with E-state index in [2.05, 4.69) is 5.32 Å². The second-order valence-corrected chi connectivity index (χ2v) is 4.18. The minimum Gasteiger partial charge on any atom is -0.493 e. The maximum atomic E-state index is 11.3. The van der Waals surface area contributed by atoms with Gasteiger partial charge in [0.05, 0.1) is 20.3 Å². The summed E-state index contributed by atoms with van der Waals surface area (Å²) in [5, 5.41) is 12.7. The Morgan fingerprint density at radius 2 is 2.00 bits per heavy atom. The van der Waals surface area contributed by atoms with Crippen LogP contribution < -0.4 is 14.8 Å². The summed E-state index contributed by atoms with van der Waals surface area (Å²) in [4.78, 5) is 11.3. The molecule has 0 heterocycles. The van der Waals surface area contributed by atoms with Crippen molar-refractivity contribution in [1.29, 1.82) is 0 Å². The van der Waals surface area contributed by atoms with Crippen molar-refractivity contribution in [2.75, 3.05) is 20.8 Å². The summed E-state index contributed by atoms with van der Waals surface area (Å²) in [6, 6.07) is 5.18. The molecular weight excluding hydrogens is 246 g/mol. The number of hydrogen-bond acceptors (Lipinski definition) is 4. The second-order valence-electron chi connectivity index (χ2n) is 4.18. The summed E-state index contributed by atoms with van der Waals surface area (Å²) < 4.78 is 10.3. The average molecular weight is 267 g/mol. The van der Waals surface area contributed by atoms with E-state index in [9.17, 15) is 9.90 Å². The Balaban J connectivity index is 2.66. The van der Waals surface area contributed by atoms with Crippen molar-refractivity contribution in [1.82, 2.24) is 5.32 Å². The Morgan fingerprint density at radius 1 is 1.32 bits per heavy atom. The lowest BCUT2D eigenvalue weighted by Gasteiger charge is -2.14. The third-order valence-corrected chi connectivity index (χ3v) is 2.76. The van der Waals surface area contributed by atoms with Gasteiger partial charge in [-0.1, -0.05) is 13.0 Å². The highest BCUT2D eigenvalue weighted by molar-refractivity contribution is 5.75. The quantitative estimate of drug-likeness (QED) is 0.788. The van der Waals surface area contributed by atoms with E-state index in [1.54, 1.807) is 25.3 Å². The molecule has 0 fully saturated rings. The molecule has 0 spiro atoms. The van der Waals surface area contributed by atoms with Crippen LogP contribution in [0.3, 0.4) is 0 Å². The van der Waals surface area contributed by atoms with E-state index < -0.39 is 6.10 Å². The normalized spacial score (nSPS) is 11.8. The molecule has 0 aliphatic heterocycles. The van der Waals surface area contributed by atoms with E-state index in [-0.39, 0.29) is 12.5 Å². The third kappa shape index (κ3) is 4.44. The molecule has 1 aromatic carbocycles. The molecule has 2 N–H and O–H groups in total. The number of hydrogen-bond donors (Lipinski definition) is 2. The highest BCUT2D eigenvalue weighted by Crippen LogP contribution is 2.29. The predicted molar refractivity (Wildman–Crippen MR) is 72.4 cm³/mol. The zero-order valence-electron chi connectivity index (χ0n) is 11.6. The smallest absolute Gasteiger partial charge is 0.220 e. The van der Waals surface area contributed by atoms with Gasteiger partial charge in [0.2, 0.25) is 5.91 Å². The summed E-state index contributed by atoms with van der Waals surface area (Å²) >= 11 is 0. The van der Waals surface area contributed by atoms with E-state index in [1.807, 2.05) is 6.92 Å². The van der Waals surface area contributed by atoms with E-state index in [0.29, 0.717) is 23.5 Å². The molecule has 0 aliphatic carbocycles. The molecule has 106 valence electrons. The first-order chi connectivity index (χ1) is 9.12. The van der Waals surface area contributed by atoms with Crippen LogP contribution in [-0.4, -0.2) is 31.8 Å². The number of carbonyl (C=O) groups is 1. The van der Waals surface area contributed by atoms with Crippen LogP contribution in [-0.2, 0) is 4.79 Å². The van der Waals surface area contributed by atoms with Gasteiger partial charge >= 0.3 is 0 Å². The van der Waals surface area contributed by atoms with Crippen LogP contribution in [0.1, 0.15) is 31.4 Å². The van der Waals surface area contributed by atoms with Crippen LogP contribution in [0, 0.1) is 0 Å². The zero-order valence-corrected chi connectivity index (χ0v) is 11.6. The molecule has 1 amide bonds. The van der Waals surface area contributed by atoms with Gasteiger partial charge in [-0.25, -0.2) is 0 Å². The molecule has 1 atom stereocenters. The van der Waals surface area contributed by atoms with Crippen LogP contribution in [0.5, 0.6) is 11.5 Å². The highest BCUT2D eigenvalue weighted by atomic mass is 16.5. The third-order valence-electron chi connectivity index (χ3n) is 2.76. The first-order valence-electron chi connectivity index (χ1n) is 6.29. The molecule has 19 heavy (non-hydrogen) atoms. The van der Waals surface area contributed by atoms with Gasteiger partial charge in [0.15, 0.2) is 11.5 Å². The number of rotatable bonds is 7. The van der Waals surface area contributed by atoms with Crippen LogP contribution in [0.4, 0.5) is 0 Å². The van der Waals surface area contributed by atoms with Crippen molar-refractivity contribution in [3.05, 3.63) is 23.8 Å². The fraction of sp³-hybridized carbons (Fsp3) is 0.500. The number of aliphatic hydroxyl groups is 1. The first-order valence-corrected chi connectivity index (χ1v) is 6.29. The minimum absolute atomic E-state index is 0.0537. The van der Waals surface area contributed by atoms with Crippen LogP contribution >= 0.6 is 0 Å². The van der Waals surface area contributed by atoms with Gasteiger partial charge in [-0.05, 0) is 24.1 Å². The predicted octanol–water partition coefficient (Wildman–Crippen LogP) is 1.65. The lowest BCUT2D eigenvalue weighted by molar-refractivity contribution is -0.121. The Labute approximate surface area is 113 Å². The SMILES string of the molecule is CCCC(=O)NC[C@@H](O)c1ccc(OC)c(OC)c1. The van der Waals surface area contributed by atoms with Gasteiger partial charge in [0, 0.05) is 13.0 Å². The molecule has 0 saturated carbocycles. The number of nitrogens with one attached hydrogen (secondary N) is 1. The molecule has 0 bridgehead atoms. The maximum absolute atomic E-state index is 11.3. The van der Waals surface area contributed by atoms with E-state index in [4.69, 9.17) is 9.47 Å². The van der Waals surface area contributed by atoms with Gasteiger partial charge < -0.3 is 19.9 Å². The average Bonchev–Trinajstić information content (AvgIpc) is 2.44.